The van der Waals surface area contributed by atoms with Crippen molar-refractivity contribution in [2.45, 2.75) is 12.5 Å². The Hall–Kier alpha value is -2.46. The molecular weight excluding hydrogens is 312 g/mol. The number of amides is 4. The van der Waals surface area contributed by atoms with E-state index in [1.165, 1.54) is 4.72 Å². The molecule has 1 fully saturated rings. The molecule has 4 N–H and O–H groups in total. The summed E-state index contributed by atoms with van der Waals surface area (Å²) >= 11 is 0. The number of urea groups is 1. The second-order valence-corrected chi connectivity index (χ2v) is 5.98. The van der Waals surface area contributed by atoms with Gasteiger partial charge in [0.25, 0.3) is 16.1 Å². The SMILES string of the molecule is NS(=O)(=O)NC(=O)N1CC(NC(=O)Cc2ccccc2)C1=O. The summed E-state index contributed by atoms with van der Waals surface area (Å²) in [7, 11) is -4.23. The third-order valence-electron chi connectivity index (χ3n) is 2.95. The van der Waals surface area contributed by atoms with Crippen molar-refractivity contribution < 1.29 is 22.8 Å². The first-order valence-corrected chi connectivity index (χ1v) is 7.80. The second-order valence-electron chi connectivity index (χ2n) is 4.68. The molecule has 1 saturated heterocycles. The van der Waals surface area contributed by atoms with Crippen LogP contribution in [0.1, 0.15) is 5.56 Å². The largest absolute Gasteiger partial charge is 0.342 e. The molecule has 1 aliphatic heterocycles. The molecule has 0 radical (unpaired) electrons. The van der Waals surface area contributed by atoms with Crippen molar-refractivity contribution in [3.05, 3.63) is 35.9 Å². The van der Waals surface area contributed by atoms with Gasteiger partial charge < -0.3 is 5.32 Å². The van der Waals surface area contributed by atoms with Crippen LogP contribution in [-0.2, 0) is 26.2 Å². The lowest BCUT2D eigenvalue weighted by molar-refractivity contribution is -0.142. The third-order valence-corrected chi connectivity index (χ3v) is 3.41. The van der Waals surface area contributed by atoms with E-state index in [-0.39, 0.29) is 18.9 Å². The lowest BCUT2D eigenvalue weighted by Crippen LogP contribution is -2.67. The number of hydrogen-bond acceptors (Lipinski definition) is 5. The summed E-state index contributed by atoms with van der Waals surface area (Å²) in [6, 6.07) is 6.96. The average molecular weight is 326 g/mol. The summed E-state index contributed by atoms with van der Waals surface area (Å²) in [6.07, 6.45) is 0.105. The van der Waals surface area contributed by atoms with Crippen LogP contribution in [0, 0.1) is 0 Å². The van der Waals surface area contributed by atoms with Crippen molar-refractivity contribution in [2.24, 2.45) is 5.14 Å². The van der Waals surface area contributed by atoms with E-state index in [1.807, 2.05) is 6.07 Å². The van der Waals surface area contributed by atoms with E-state index in [2.05, 4.69) is 10.5 Å². The monoisotopic (exact) mass is 326 g/mol. The van der Waals surface area contributed by atoms with Gasteiger partial charge in [-0.15, -0.1) is 0 Å². The minimum atomic E-state index is -4.23. The minimum Gasteiger partial charge on any atom is -0.342 e. The number of carbonyl (C=O) groups excluding carboxylic acids is 3. The van der Waals surface area contributed by atoms with Gasteiger partial charge in [-0.1, -0.05) is 30.3 Å². The van der Waals surface area contributed by atoms with Crippen molar-refractivity contribution in [1.82, 2.24) is 14.9 Å². The van der Waals surface area contributed by atoms with Crippen LogP contribution in [0.4, 0.5) is 4.79 Å². The molecule has 0 aromatic heterocycles. The Morgan fingerprint density at radius 2 is 1.91 bits per heavy atom. The van der Waals surface area contributed by atoms with Crippen LogP contribution >= 0.6 is 0 Å². The van der Waals surface area contributed by atoms with E-state index < -0.39 is 28.2 Å². The van der Waals surface area contributed by atoms with Crippen LogP contribution in [0.3, 0.4) is 0 Å². The summed E-state index contributed by atoms with van der Waals surface area (Å²) in [5.41, 5.74) is 0.788. The Morgan fingerprint density at radius 1 is 1.27 bits per heavy atom. The number of nitrogens with one attached hydrogen (secondary N) is 2. The highest BCUT2D eigenvalue weighted by molar-refractivity contribution is 7.87. The van der Waals surface area contributed by atoms with Crippen molar-refractivity contribution in [3.8, 4) is 0 Å². The zero-order valence-electron chi connectivity index (χ0n) is 11.4. The molecule has 4 amide bonds. The van der Waals surface area contributed by atoms with E-state index in [0.717, 1.165) is 5.56 Å². The fourth-order valence-electron chi connectivity index (χ4n) is 1.92. The van der Waals surface area contributed by atoms with Crippen LogP contribution in [-0.4, -0.2) is 43.7 Å². The smallest absolute Gasteiger partial charge is 0.338 e. The first kappa shape index (κ1) is 15.9. The molecule has 0 aliphatic carbocycles. The summed E-state index contributed by atoms with van der Waals surface area (Å²) < 4.78 is 22.9. The van der Waals surface area contributed by atoms with Gasteiger partial charge in [0, 0.05) is 0 Å². The summed E-state index contributed by atoms with van der Waals surface area (Å²) in [4.78, 5) is 35.5. The first-order chi connectivity index (χ1) is 10.3. The van der Waals surface area contributed by atoms with Gasteiger partial charge in [0.2, 0.25) is 5.91 Å². The lowest BCUT2D eigenvalue weighted by atomic mass is 10.1. The van der Waals surface area contributed by atoms with Crippen molar-refractivity contribution in [1.29, 1.82) is 0 Å². The Labute approximate surface area is 126 Å². The quantitative estimate of drug-likeness (QED) is 0.576. The van der Waals surface area contributed by atoms with Crippen LogP contribution in [0.2, 0.25) is 0 Å². The normalized spacial score (nSPS) is 17.6. The fraction of sp³-hybridized carbons (Fsp3) is 0.250. The zero-order valence-corrected chi connectivity index (χ0v) is 12.2. The second kappa shape index (κ2) is 6.12. The predicted molar refractivity (Wildman–Crippen MR) is 75.4 cm³/mol. The highest BCUT2D eigenvalue weighted by Gasteiger charge is 2.42. The van der Waals surface area contributed by atoms with Gasteiger partial charge in [-0.25, -0.2) is 14.7 Å². The third kappa shape index (κ3) is 4.02. The molecule has 22 heavy (non-hydrogen) atoms. The molecule has 1 aliphatic rings. The van der Waals surface area contributed by atoms with E-state index in [4.69, 9.17) is 0 Å². The predicted octanol–water partition coefficient (Wildman–Crippen LogP) is -1.53. The number of benzene rings is 1. The van der Waals surface area contributed by atoms with E-state index in [0.29, 0.717) is 4.90 Å². The van der Waals surface area contributed by atoms with Crippen molar-refractivity contribution >= 4 is 28.1 Å². The Morgan fingerprint density at radius 3 is 2.45 bits per heavy atom. The summed E-state index contributed by atoms with van der Waals surface area (Å²) in [5.74, 6) is -1.06. The Kier molecular flexibility index (Phi) is 4.43. The molecule has 0 saturated carbocycles. The number of carbonyl (C=O) groups is 3. The molecule has 1 unspecified atom stereocenters. The molecule has 1 heterocycles. The molecule has 118 valence electrons. The molecule has 0 bridgehead atoms. The topological polar surface area (TPSA) is 139 Å². The van der Waals surface area contributed by atoms with Gasteiger partial charge in [-0.3, -0.25) is 14.5 Å². The number of imide groups is 1. The fourth-order valence-corrected chi connectivity index (χ4v) is 2.27. The van der Waals surface area contributed by atoms with Gasteiger partial charge in [0.1, 0.15) is 6.04 Å². The molecular formula is C12H14N4O5S. The minimum absolute atomic E-state index is 0.105. The maximum atomic E-state index is 11.8. The number of nitrogens with zero attached hydrogens (tertiary/aromatic N) is 1. The number of hydrogen-bond donors (Lipinski definition) is 3. The van der Waals surface area contributed by atoms with Crippen LogP contribution in [0.25, 0.3) is 0 Å². The number of rotatable bonds is 4. The van der Waals surface area contributed by atoms with E-state index in [9.17, 15) is 22.8 Å². The Balaban J connectivity index is 1.83. The zero-order chi connectivity index (χ0) is 16.3. The molecule has 0 spiro atoms. The standard InChI is InChI=1S/C12H14N4O5S/c13-22(20,21)15-12(19)16-7-9(11(16)18)14-10(17)6-8-4-2-1-3-5-8/h1-5,9H,6-7H2,(H,14,17)(H,15,19)(H2,13,20,21). The van der Waals surface area contributed by atoms with Crippen molar-refractivity contribution in [2.75, 3.05) is 6.54 Å². The number of nitrogens with two attached hydrogens (primary N) is 1. The van der Waals surface area contributed by atoms with Crippen LogP contribution < -0.4 is 15.2 Å². The highest BCUT2D eigenvalue weighted by atomic mass is 32.2. The molecule has 1 aromatic rings. The van der Waals surface area contributed by atoms with Gasteiger partial charge in [0.05, 0.1) is 13.0 Å². The lowest BCUT2D eigenvalue weighted by Gasteiger charge is -2.36. The van der Waals surface area contributed by atoms with Gasteiger partial charge in [-0.2, -0.15) is 8.42 Å². The number of β-lactam (4-membered cyclic amide) rings is 1. The first-order valence-electron chi connectivity index (χ1n) is 6.25. The maximum Gasteiger partial charge on any atom is 0.338 e. The maximum absolute atomic E-state index is 11.8. The average Bonchev–Trinajstić information content (AvgIpc) is 2.41. The molecule has 2 rings (SSSR count). The molecule has 10 heteroatoms. The van der Waals surface area contributed by atoms with Crippen LogP contribution in [0.15, 0.2) is 30.3 Å². The summed E-state index contributed by atoms with van der Waals surface area (Å²) in [6.45, 7) is -0.110. The van der Waals surface area contributed by atoms with Crippen LogP contribution in [0.5, 0.6) is 0 Å². The van der Waals surface area contributed by atoms with E-state index >= 15 is 0 Å². The summed E-state index contributed by atoms with van der Waals surface area (Å²) in [5, 5.41) is 7.10. The van der Waals surface area contributed by atoms with Gasteiger partial charge >= 0.3 is 6.03 Å². The van der Waals surface area contributed by atoms with Gasteiger partial charge in [-0.05, 0) is 5.56 Å². The highest BCUT2D eigenvalue weighted by Crippen LogP contribution is 2.11. The molecule has 1 atom stereocenters. The Bertz CT molecular complexity index is 703. The molecule has 1 aromatic carbocycles. The van der Waals surface area contributed by atoms with E-state index in [1.54, 1.807) is 24.3 Å². The number of likely N-dealkylation sites (tertiary alicyclic amines) is 1. The molecule has 9 nitrogen and oxygen atoms in total. The van der Waals surface area contributed by atoms with Crippen molar-refractivity contribution in [3.63, 3.8) is 0 Å². The van der Waals surface area contributed by atoms with Gasteiger partial charge in [0.15, 0.2) is 0 Å².